The predicted molar refractivity (Wildman–Crippen MR) is 134 cm³/mol. The number of nitrogens with zero attached hydrogens (tertiary/aromatic N) is 1. The number of carbonyl (C=O) groups is 1. The quantitative estimate of drug-likeness (QED) is 0.294. The van der Waals surface area contributed by atoms with Crippen molar-refractivity contribution in [1.82, 2.24) is 0 Å². The van der Waals surface area contributed by atoms with Crippen molar-refractivity contribution in [3.63, 3.8) is 0 Å². The second-order valence-electron chi connectivity index (χ2n) is 7.75. The molecule has 0 aliphatic rings. The molecule has 1 N–H and O–H groups in total. The molecular formula is C27H25BrN2O3. The molecule has 33 heavy (non-hydrogen) atoms. The molecule has 0 aliphatic carbocycles. The van der Waals surface area contributed by atoms with Gasteiger partial charge in [-0.05, 0) is 77.7 Å². The van der Waals surface area contributed by atoms with E-state index in [9.17, 15) is 10.1 Å². The fraction of sp³-hybridized carbons (Fsp3) is 0.185. The van der Waals surface area contributed by atoms with Gasteiger partial charge in [-0.2, -0.15) is 5.26 Å². The Bertz CT molecular complexity index is 1260. The highest BCUT2D eigenvalue weighted by Crippen LogP contribution is 2.38. The first-order valence-electron chi connectivity index (χ1n) is 10.4. The Morgan fingerprint density at radius 2 is 1.85 bits per heavy atom. The second kappa shape index (κ2) is 10.8. The van der Waals surface area contributed by atoms with Gasteiger partial charge in [0.1, 0.15) is 18.2 Å². The summed E-state index contributed by atoms with van der Waals surface area (Å²) in [6, 6.07) is 19.3. The topological polar surface area (TPSA) is 71.3 Å². The van der Waals surface area contributed by atoms with Crippen LogP contribution < -0.4 is 14.8 Å². The summed E-state index contributed by atoms with van der Waals surface area (Å²) < 4.78 is 12.2. The third kappa shape index (κ3) is 6.24. The Morgan fingerprint density at radius 3 is 2.52 bits per heavy atom. The van der Waals surface area contributed by atoms with Crippen LogP contribution in [-0.2, 0) is 11.4 Å². The zero-order valence-electron chi connectivity index (χ0n) is 19.0. The minimum Gasteiger partial charge on any atom is -0.493 e. The molecular weight excluding hydrogens is 480 g/mol. The van der Waals surface area contributed by atoms with Crippen molar-refractivity contribution < 1.29 is 14.3 Å². The molecule has 3 rings (SSSR count). The molecule has 0 aliphatic heterocycles. The third-order valence-electron chi connectivity index (χ3n) is 5.02. The van der Waals surface area contributed by atoms with Crippen molar-refractivity contribution in [2.24, 2.45) is 0 Å². The molecule has 3 aromatic rings. The molecule has 5 nitrogen and oxygen atoms in total. The van der Waals surface area contributed by atoms with Gasteiger partial charge in [0.2, 0.25) is 0 Å². The maximum absolute atomic E-state index is 12.7. The van der Waals surface area contributed by atoms with E-state index in [0.717, 1.165) is 22.3 Å². The Hall–Kier alpha value is -3.56. The summed E-state index contributed by atoms with van der Waals surface area (Å²) >= 11 is 3.53. The van der Waals surface area contributed by atoms with Crippen LogP contribution in [0.3, 0.4) is 0 Å². The molecule has 168 valence electrons. The van der Waals surface area contributed by atoms with Crippen LogP contribution in [0.15, 0.2) is 64.6 Å². The first kappa shape index (κ1) is 24.1. The van der Waals surface area contributed by atoms with Gasteiger partial charge in [-0.15, -0.1) is 0 Å². The van der Waals surface area contributed by atoms with Gasteiger partial charge < -0.3 is 14.8 Å². The van der Waals surface area contributed by atoms with Gasteiger partial charge in [-0.1, -0.05) is 47.5 Å². The van der Waals surface area contributed by atoms with E-state index < -0.39 is 5.91 Å². The van der Waals surface area contributed by atoms with E-state index in [0.29, 0.717) is 33.8 Å². The second-order valence-corrected chi connectivity index (χ2v) is 8.61. The number of aryl methyl sites for hydroxylation is 3. The number of benzene rings is 3. The maximum atomic E-state index is 12.7. The van der Waals surface area contributed by atoms with Crippen LogP contribution in [0.5, 0.6) is 11.5 Å². The van der Waals surface area contributed by atoms with E-state index in [1.54, 1.807) is 19.2 Å². The lowest BCUT2D eigenvalue weighted by molar-refractivity contribution is -0.112. The van der Waals surface area contributed by atoms with Crippen molar-refractivity contribution in [3.8, 4) is 17.6 Å². The summed E-state index contributed by atoms with van der Waals surface area (Å²) in [7, 11) is 1.55. The average molecular weight is 505 g/mol. The molecule has 0 heterocycles. The molecule has 1 amide bonds. The van der Waals surface area contributed by atoms with Crippen LogP contribution >= 0.6 is 15.9 Å². The average Bonchev–Trinajstić information content (AvgIpc) is 2.78. The fourth-order valence-corrected chi connectivity index (χ4v) is 3.95. The van der Waals surface area contributed by atoms with Crippen molar-refractivity contribution in [3.05, 3.63) is 92.5 Å². The highest BCUT2D eigenvalue weighted by atomic mass is 79.9. The largest absolute Gasteiger partial charge is 0.493 e. The summed E-state index contributed by atoms with van der Waals surface area (Å²) in [6.45, 7) is 6.31. The minimum absolute atomic E-state index is 0.0163. The molecule has 0 aromatic heterocycles. The number of carbonyl (C=O) groups excluding carboxylic acids is 1. The van der Waals surface area contributed by atoms with E-state index >= 15 is 0 Å². The third-order valence-corrected chi connectivity index (χ3v) is 5.61. The standard InChI is InChI=1S/C27H25BrN2O3/c1-17-6-5-7-20(11-17)16-33-26-23(28)13-21(14-25(26)32-4)12-22(15-29)27(31)30-24-9-8-18(2)10-19(24)3/h5-14H,16H2,1-4H3,(H,30,31)/b22-12+. The molecule has 0 saturated heterocycles. The van der Waals surface area contributed by atoms with E-state index in [-0.39, 0.29) is 5.57 Å². The van der Waals surface area contributed by atoms with Gasteiger partial charge in [0.25, 0.3) is 5.91 Å². The fourth-order valence-electron chi connectivity index (χ4n) is 3.38. The number of hydrogen-bond donors (Lipinski definition) is 1. The molecule has 6 heteroatoms. The summed E-state index contributed by atoms with van der Waals surface area (Å²) in [5.41, 5.74) is 5.52. The molecule has 0 unspecified atom stereocenters. The monoisotopic (exact) mass is 504 g/mol. The number of halogens is 1. The van der Waals surface area contributed by atoms with Crippen LogP contribution in [0.1, 0.15) is 27.8 Å². The van der Waals surface area contributed by atoms with Gasteiger partial charge >= 0.3 is 0 Å². The number of ether oxygens (including phenoxy) is 2. The van der Waals surface area contributed by atoms with E-state index in [4.69, 9.17) is 9.47 Å². The highest BCUT2D eigenvalue weighted by Gasteiger charge is 2.15. The molecule has 0 bridgehead atoms. The zero-order chi connectivity index (χ0) is 24.0. The number of nitrogens with one attached hydrogen (secondary N) is 1. The Balaban J connectivity index is 1.83. The molecule has 0 spiro atoms. The van der Waals surface area contributed by atoms with Crippen LogP contribution in [-0.4, -0.2) is 13.0 Å². The first-order valence-corrected chi connectivity index (χ1v) is 11.2. The van der Waals surface area contributed by atoms with Gasteiger partial charge in [-0.25, -0.2) is 0 Å². The van der Waals surface area contributed by atoms with Gasteiger partial charge in [0.05, 0.1) is 11.6 Å². The molecule has 0 fully saturated rings. The summed E-state index contributed by atoms with van der Waals surface area (Å²) in [6.07, 6.45) is 1.52. The lowest BCUT2D eigenvalue weighted by atomic mass is 10.1. The smallest absolute Gasteiger partial charge is 0.266 e. The molecule has 0 saturated carbocycles. The Kier molecular flexibility index (Phi) is 7.92. The maximum Gasteiger partial charge on any atom is 0.266 e. The SMILES string of the molecule is COc1cc(/C=C(\C#N)C(=O)Nc2ccc(C)cc2C)cc(Br)c1OCc1cccc(C)c1. The van der Waals surface area contributed by atoms with E-state index in [2.05, 4.69) is 27.3 Å². The summed E-state index contributed by atoms with van der Waals surface area (Å²) in [5.74, 6) is 0.573. The van der Waals surface area contributed by atoms with Crippen LogP contribution in [0.25, 0.3) is 6.08 Å². The van der Waals surface area contributed by atoms with Gasteiger partial charge in [0, 0.05) is 5.69 Å². The van der Waals surface area contributed by atoms with Crippen molar-refractivity contribution >= 4 is 33.6 Å². The van der Waals surface area contributed by atoms with Crippen LogP contribution in [0.2, 0.25) is 0 Å². The normalized spacial score (nSPS) is 11.0. The van der Waals surface area contributed by atoms with Crippen molar-refractivity contribution in [2.75, 3.05) is 12.4 Å². The molecule has 3 aromatic carbocycles. The summed E-state index contributed by atoms with van der Waals surface area (Å²) in [4.78, 5) is 12.7. The van der Waals surface area contributed by atoms with Crippen molar-refractivity contribution in [1.29, 1.82) is 5.26 Å². The van der Waals surface area contributed by atoms with Gasteiger partial charge in [0.15, 0.2) is 11.5 Å². The zero-order valence-corrected chi connectivity index (χ0v) is 20.6. The van der Waals surface area contributed by atoms with Crippen LogP contribution in [0, 0.1) is 32.1 Å². The number of rotatable bonds is 7. The van der Waals surface area contributed by atoms with Crippen LogP contribution in [0.4, 0.5) is 5.69 Å². The Morgan fingerprint density at radius 1 is 1.09 bits per heavy atom. The number of hydrogen-bond acceptors (Lipinski definition) is 4. The van der Waals surface area contributed by atoms with E-state index in [1.807, 2.05) is 63.2 Å². The first-order chi connectivity index (χ1) is 15.8. The number of nitriles is 1. The minimum atomic E-state index is -0.473. The number of anilines is 1. The predicted octanol–water partition coefficient (Wildman–Crippen LogP) is 6.51. The number of methoxy groups -OCH3 is 1. The lowest BCUT2D eigenvalue weighted by Crippen LogP contribution is -2.14. The summed E-state index contributed by atoms with van der Waals surface area (Å²) in [5, 5.41) is 12.4. The number of amides is 1. The van der Waals surface area contributed by atoms with E-state index in [1.165, 1.54) is 6.08 Å². The lowest BCUT2D eigenvalue weighted by Gasteiger charge is -2.14. The molecule has 0 radical (unpaired) electrons. The van der Waals surface area contributed by atoms with Crippen molar-refractivity contribution in [2.45, 2.75) is 27.4 Å². The van der Waals surface area contributed by atoms with Gasteiger partial charge in [-0.3, -0.25) is 4.79 Å². The highest BCUT2D eigenvalue weighted by molar-refractivity contribution is 9.10. The molecule has 0 atom stereocenters. The Labute approximate surface area is 202 Å².